The summed E-state index contributed by atoms with van der Waals surface area (Å²) in [5, 5.41) is 2.99. The molecule has 0 bridgehead atoms. The summed E-state index contributed by atoms with van der Waals surface area (Å²) in [5.41, 5.74) is 0.378. The molecule has 1 unspecified atom stereocenters. The lowest BCUT2D eigenvalue weighted by atomic mass is 10.0. The SMILES string of the molecule is Cc1ccc(O[C@@H](C)C(OC(=O)[C@H](C)NC(=O)OC(C)(C)C)C(C)C)c(Cl)c1. The van der Waals surface area contributed by atoms with E-state index >= 15 is 0 Å². The summed E-state index contributed by atoms with van der Waals surface area (Å²) in [5.74, 6) is -0.0340. The summed E-state index contributed by atoms with van der Waals surface area (Å²) >= 11 is 6.23. The van der Waals surface area contributed by atoms with Crippen molar-refractivity contribution in [2.24, 2.45) is 5.92 Å². The van der Waals surface area contributed by atoms with E-state index < -0.39 is 35.9 Å². The molecule has 1 amide bonds. The van der Waals surface area contributed by atoms with Gasteiger partial charge in [-0.25, -0.2) is 9.59 Å². The molecule has 6 nitrogen and oxygen atoms in total. The number of ether oxygens (including phenoxy) is 3. The Bertz CT molecular complexity index is 684. The van der Waals surface area contributed by atoms with Gasteiger partial charge < -0.3 is 19.5 Å². The van der Waals surface area contributed by atoms with Crippen molar-refractivity contribution in [2.75, 3.05) is 0 Å². The molecule has 0 saturated carbocycles. The van der Waals surface area contributed by atoms with Crippen LogP contribution >= 0.6 is 11.6 Å². The normalized spacial score (nSPS) is 14.8. The lowest BCUT2D eigenvalue weighted by molar-refractivity contribution is -0.158. The molecule has 1 rings (SSSR count). The highest BCUT2D eigenvalue weighted by Crippen LogP contribution is 2.28. The minimum Gasteiger partial charge on any atom is -0.485 e. The number of hydrogen-bond acceptors (Lipinski definition) is 5. The molecule has 7 heteroatoms. The van der Waals surface area contributed by atoms with Crippen LogP contribution in [-0.2, 0) is 14.3 Å². The third-order valence-corrected chi connectivity index (χ3v) is 4.15. The molecule has 0 aromatic heterocycles. The highest BCUT2D eigenvalue weighted by Gasteiger charge is 2.30. The van der Waals surface area contributed by atoms with Crippen molar-refractivity contribution in [3.63, 3.8) is 0 Å². The fraction of sp³-hybridized carbons (Fsp3) is 0.619. The molecule has 0 spiro atoms. The van der Waals surface area contributed by atoms with Gasteiger partial charge >= 0.3 is 12.1 Å². The van der Waals surface area contributed by atoms with Crippen LogP contribution in [0.15, 0.2) is 18.2 Å². The Balaban J connectivity index is 2.74. The Hall–Kier alpha value is -1.95. The fourth-order valence-electron chi connectivity index (χ4n) is 2.52. The third kappa shape index (κ3) is 7.97. The van der Waals surface area contributed by atoms with E-state index in [1.54, 1.807) is 33.8 Å². The van der Waals surface area contributed by atoms with Gasteiger partial charge in [0.25, 0.3) is 0 Å². The molecular formula is C21H32ClNO5. The van der Waals surface area contributed by atoms with Gasteiger partial charge in [-0.15, -0.1) is 0 Å². The molecule has 0 aliphatic heterocycles. The topological polar surface area (TPSA) is 73.9 Å². The lowest BCUT2D eigenvalue weighted by Crippen LogP contribution is -2.46. The Labute approximate surface area is 172 Å². The first-order valence-electron chi connectivity index (χ1n) is 9.43. The number of alkyl carbamates (subject to hydrolysis) is 1. The first-order valence-corrected chi connectivity index (χ1v) is 9.80. The number of carbonyl (C=O) groups excluding carboxylic acids is 2. The largest absolute Gasteiger partial charge is 0.485 e. The van der Waals surface area contributed by atoms with Gasteiger partial charge in [-0.1, -0.05) is 31.5 Å². The second kappa shape index (κ2) is 10.0. The van der Waals surface area contributed by atoms with Crippen LogP contribution in [0, 0.1) is 12.8 Å². The van der Waals surface area contributed by atoms with E-state index in [1.807, 2.05) is 39.8 Å². The minimum atomic E-state index is -0.855. The Morgan fingerprint density at radius 3 is 2.21 bits per heavy atom. The number of carbonyl (C=O) groups is 2. The Morgan fingerprint density at radius 1 is 1.11 bits per heavy atom. The molecule has 3 atom stereocenters. The van der Waals surface area contributed by atoms with Crippen molar-refractivity contribution >= 4 is 23.7 Å². The molecule has 0 radical (unpaired) electrons. The highest BCUT2D eigenvalue weighted by molar-refractivity contribution is 6.32. The zero-order valence-corrected chi connectivity index (χ0v) is 18.7. The maximum atomic E-state index is 12.5. The van der Waals surface area contributed by atoms with Gasteiger partial charge in [-0.3, -0.25) is 0 Å². The maximum Gasteiger partial charge on any atom is 0.408 e. The molecule has 0 heterocycles. The van der Waals surface area contributed by atoms with Gasteiger partial charge in [0, 0.05) is 0 Å². The van der Waals surface area contributed by atoms with E-state index in [4.69, 9.17) is 25.8 Å². The average molecular weight is 414 g/mol. The summed E-state index contributed by atoms with van der Waals surface area (Å²) in [6.07, 6.45) is -1.63. The molecule has 0 saturated heterocycles. The number of rotatable bonds is 7. The number of hydrogen-bond donors (Lipinski definition) is 1. The predicted octanol–water partition coefficient (Wildman–Crippen LogP) is 4.90. The first kappa shape index (κ1) is 24.1. The number of halogens is 1. The molecule has 1 aromatic rings. The van der Waals surface area contributed by atoms with E-state index in [0.717, 1.165) is 5.56 Å². The number of benzene rings is 1. The molecule has 1 aromatic carbocycles. The fourth-order valence-corrected chi connectivity index (χ4v) is 2.80. The first-order chi connectivity index (χ1) is 12.8. The summed E-state index contributed by atoms with van der Waals surface area (Å²) in [6, 6.07) is 4.65. The zero-order chi connectivity index (χ0) is 21.6. The zero-order valence-electron chi connectivity index (χ0n) is 18.0. The second-order valence-corrected chi connectivity index (χ2v) is 8.68. The highest BCUT2D eigenvalue weighted by atomic mass is 35.5. The Morgan fingerprint density at radius 2 is 1.71 bits per heavy atom. The average Bonchev–Trinajstić information content (AvgIpc) is 2.52. The third-order valence-electron chi connectivity index (χ3n) is 3.86. The lowest BCUT2D eigenvalue weighted by Gasteiger charge is -2.29. The second-order valence-electron chi connectivity index (χ2n) is 8.27. The quantitative estimate of drug-likeness (QED) is 0.643. The molecular weight excluding hydrogens is 382 g/mol. The van der Waals surface area contributed by atoms with E-state index in [1.165, 1.54) is 0 Å². The summed E-state index contributed by atoms with van der Waals surface area (Å²) in [6.45, 7) is 14.4. The van der Waals surface area contributed by atoms with Crippen LogP contribution in [0.2, 0.25) is 5.02 Å². The maximum absolute atomic E-state index is 12.5. The van der Waals surface area contributed by atoms with Gasteiger partial charge in [0.05, 0.1) is 5.02 Å². The van der Waals surface area contributed by atoms with Crippen LogP contribution < -0.4 is 10.1 Å². The van der Waals surface area contributed by atoms with E-state index in [2.05, 4.69) is 5.32 Å². The smallest absolute Gasteiger partial charge is 0.408 e. The number of nitrogens with one attached hydrogen (secondary N) is 1. The van der Waals surface area contributed by atoms with E-state index in [0.29, 0.717) is 10.8 Å². The van der Waals surface area contributed by atoms with Crippen LogP contribution in [0.1, 0.15) is 54.0 Å². The molecule has 28 heavy (non-hydrogen) atoms. The van der Waals surface area contributed by atoms with Crippen molar-refractivity contribution in [3.05, 3.63) is 28.8 Å². The van der Waals surface area contributed by atoms with Crippen molar-refractivity contribution in [2.45, 2.75) is 79.2 Å². The van der Waals surface area contributed by atoms with Gasteiger partial charge in [0.1, 0.15) is 29.6 Å². The Kier molecular flexibility index (Phi) is 8.61. The molecule has 1 N–H and O–H groups in total. The van der Waals surface area contributed by atoms with Crippen LogP contribution in [-0.4, -0.2) is 35.9 Å². The number of amides is 1. The van der Waals surface area contributed by atoms with Gasteiger partial charge in [0.15, 0.2) is 0 Å². The standard InChI is InChI=1S/C21H32ClNO5/c1-12(2)18(15(5)26-17-10-9-13(3)11-16(17)22)27-19(24)14(4)23-20(25)28-21(6,7)8/h9-12,14-15,18H,1-8H3,(H,23,25)/t14-,15-,18?/m0/s1. The van der Waals surface area contributed by atoms with Crippen LogP contribution in [0.4, 0.5) is 4.79 Å². The van der Waals surface area contributed by atoms with Crippen LogP contribution in [0.5, 0.6) is 5.75 Å². The van der Waals surface area contributed by atoms with Gasteiger partial charge in [-0.05, 0) is 65.2 Å². The molecule has 0 aliphatic rings. The van der Waals surface area contributed by atoms with Crippen molar-refractivity contribution in [1.82, 2.24) is 5.32 Å². The predicted molar refractivity (Wildman–Crippen MR) is 110 cm³/mol. The van der Waals surface area contributed by atoms with Crippen molar-refractivity contribution in [1.29, 1.82) is 0 Å². The summed E-state index contributed by atoms with van der Waals surface area (Å²) in [7, 11) is 0. The van der Waals surface area contributed by atoms with Gasteiger partial charge in [0.2, 0.25) is 0 Å². The summed E-state index contributed by atoms with van der Waals surface area (Å²) < 4.78 is 16.7. The molecule has 0 fully saturated rings. The monoisotopic (exact) mass is 413 g/mol. The number of esters is 1. The van der Waals surface area contributed by atoms with Crippen molar-refractivity contribution in [3.8, 4) is 5.75 Å². The number of aryl methyl sites for hydroxylation is 1. The molecule has 0 aliphatic carbocycles. The van der Waals surface area contributed by atoms with E-state index in [-0.39, 0.29) is 5.92 Å². The summed E-state index contributed by atoms with van der Waals surface area (Å²) in [4.78, 5) is 24.3. The minimum absolute atomic E-state index is 0.00287. The van der Waals surface area contributed by atoms with Gasteiger partial charge in [-0.2, -0.15) is 0 Å². The van der Waals surface area contributed by atoms with Crippen LogP contribution in [0.3, 0.4) is 0 Å². The molecule has 158 valence electrons. The van der Waals surface area contributed by atoms with Crippen LogP contribution in [0.25, 0.3) is 0 Å². The van der Waals surface area contributed by atoms with Crippen molar-refractivity contribution < 1.29 is 23.8 Å². The van der Waals surface area contributed by atoms with E-state index in [9.17, 15) is 9.59 Å².